The Morgan fingerprint density at radius 3 is 1.83 bits per heavy atom. The average Bonchev–Trinajstić information content (AvgIpc) is 2.05. The molecule has 0 aromatic carbocycles. The van der Waals surface area contributed by atoms with Crippen LogP contribution in [0.2, 0.25) is 0 Å². The lowest BCUT2D eigenvalue weighted by Crippen LogP contribution is -2.08. The Balaban J connectivity index is 3.61. The van der Waals surface area contributed by atoms with E-state index < -0.39 is 6.17 Å². The number of halogens is 1. The van der Waals surface area contributed by atoms with Gasteiger partial charge in [0.25, 0.3) is 0 Å². The van der Waals surface area contributed by atoms with E-state index >= 15 is 0 Å². The fraction of sp³-hybridized carbons (Fsp3) is 1.00. The maximum absolute atomic E-state index is 13.0. The van der Waals surface area contributed by atoms with Crippen LogP contribution in [0.15, 0.2) is 0 Å². The molecule has 0 fully saturated rings. The zero-order valence-corrected chi connectivity index (χ0v) is 8.78. The van der Waals surface area contributed by atoms with Crippen molar-refractivity contribution in [3.8, 4) is 0 Å². The summed E-state index contributed by atoms with van der Waals surface area (Å²) in [4.78, 5) is 0. The molecule has 0 heterocycles. The van der Waals surface area contributed by atoms with Crippen molar-refractivity contribution in [2.24, 2.45) is 5.92 Å². The first-order valence-corrected chi connectivity index (χ1v) is 5.38. The van der Waals surface area contributed by atoms with Gasteiger partial charge in [-0.05, 0) is 18.8 Å². The first kappa shape index (κ1) is 11.9. The summed E-state index contributed by atoms with van der Waals surface area (Å²) in [7, 11) is 0. The number of hydrogen-bond donors (Lipinski definition) is 0. The lowest BCUT2D eigenvalue weighted by Gasteiger charge is -2.16. The lowest BCUT2D eigenvalue weighted by atomic mass is 9.92. The molecule has 0 aromatic rings. The van der Waals surface area contributed by atoms with E-state index in [0.29, 0.717) is 12.3 Å². The molecule has 12 heavy (non-hydrogen) atoms. The number of alkyl halides is 1. The second-order valence-corrected chi connectivity index (χ2v) is 3.68. The molecule has 0 aliphatic rings. The van der Waals surface area contributed by atoms with Crippen molar-refractivity contribution >= 4 is 0 Å². The van der Waals surface area contributed by atoms with Gasteiger partial charge in [0, 0.05) is 0 Å². The minimum Gasteiger partial charge on any atom is -0.247 e. The summed E-state index contributed by atoms with van der Waals surface area (Å²) in [6.07, 6.45) is 5.71. The van der Waals surface area contributed by atoms with Gasteiger partial charge >= 0.3 is 0 Å². The summed E-state index contributed by atoms with van der Waals surface area (Å²) < 4.78 is 13.0. The van der Waals surface area contributed by atoms with E-state index in [0.717, 1.165) is 6.42 Å². The van der Waals surface area contributed by atoms with Crippen LogP contribution >= 0.6 is 0 Å². The largest absolute Gasteiger partial charge is 0.247 e. The Morgan fingerprint density at radius 2 is 1.50 bits per heavy atom. The van der Waals surface area contributed by atoms with Gasteiger partial charge in [0.2, 0.25) is 0 Å². The van der Waals surface area contributed by atoms with Crippen molar-refractivity contribution in [1.82, 2.24) is 0 Å². The third kappa shape index (κ3) is 5.56. The molecule has 1 unspecified atom stereocenters. The Hall–Kier alpha value is -0.0700. The maximum Gasteiger partial charge on any atom is 0.100 e. The van der Waals surface area contributed by atoms with Crippen molar-refractivity contribution in [3.63, 3.8) is 0 Å². The van der Waals surface area contributed by atoms with Crippen molar-refractivity contribution in [1.29, 1.82) is 0 Å². The first-order valence-electron chi connectivity index (χ1n) is 5.38. The zero-order valence-electron chi connectivity index (χ0n) is 8.78. The van der Waals surface area contributed by atoms with Crippen LogP contribution in [0.1, 0.15) is 59.3 Å². The van der Waals surface area contributed by atoms with Crippen LogP contribution in [0.25, 0.3) is 0 Å². The third-order valence-electron chi connectivity index (χ3n) is 2.43. The van der Waals surface area contributed by atoms with Crippen LogP contribution in [0.5, 0.6) is 0 Å². The molecule has 0 saturated heterocycles. The molecular weight excluding hydrogens is 151 g/mol. The Bertz CT molecular complexity index is 85.0. The fourth-order valence-corrected chi connectivity index (χ4v) is 1.72. The topological polar surface area (TPSA) is 0 Å². The van der Waals surface area contributed by atoms with E-state index in [4.69, 9.17) is 0 Å². The van der Waals surface area contributed by atoms with Crippen LogP contribution in [0, 0.1) is 5.92 Å². The van der Waals surface area contributed by atoms with Gasteiger partial charge in [0.05, 0.1) is 0 Å². The molecule has 0 nitrogen and oxygen atoms in total. The molecule has 0 aliphatic carbocycles. The van der Waals surface area contributed by atoms with Gasteiger partial charge in [0.15, 0.2) is 0 Å². The predicted molar refractivity (Wildman–Crippen MR) is 53.1 cm³/mol. The van der Waals surface area contributed by atoms with Crippen LogP contribution in [0.3, 0.4) is 0 Å². The van der Waals surface area contributed by atoms with Gasteiger partial charge in [-0.2, -0.15) is 0 Å². The molecule has 1 heteroatoms. The van der Waals surface area contributed by atoms with Crippen molar-refractivity contribution in [3.05, 3.63) is 0 Å². The van der Waals surface area contributed by atoms with E-state index in [1.807, 2.05) is 6.92 Å². The normalized spacial score (nSPS) is 13.8. The summed E-state index contributed by atoms with van der Waals surface area (Å²) in [6.45, 7) is 6.29. The first-order chi connectivity index (χ1) is 5.74. The number of rotatable bonds is 7. The smallest absolute Gasteiger partial charge is 0.100 e. The van der Waals surface area contributed by atoms with Gasteiger partial charge in [-0.1, -0.05) is 46.5 Å². The Kier molecular flexibility index (Phi) is 7.53. The molecule has 0 aliphatic heterocycles. The highest BCUT2D eigenvalue weighted by molar-refractivity contribution is 4.63. The zero-order chi connectivity index (χ0) is 9.40. The van der Waals surface area contributed by atoms with Crippen LogP contribution in [0.4, 0.5) is 4.39 Å². The van der Waals surface area contributed by atoms with Gasteiger partial charge in [-0.3, -0.25) is 0 Å². The molecule has 0 saturated carbocycles. The second kappa shape index (κ2) is 7.57. The second-order valence-electron chi connectivity index (χ2n) is 3.68. The molecule has 74 valence electrons. The fourth-order valence-electron chi connectivity index (χ4n) is 1.72. The lowest BCUT2D eigenvalue weighted by molar-refractivity contribution is 0.244. The predicted octanol–water partition coefficient (Wildman–Crippen LogP) is 4.34. The summed E-state index contributed by atoms with van der Waals surface area (Å²) in [6, 6.07) is 0. The SMILES string of the molecule is CCCC(CCC)CC(F)CC. The maximum atomic E-state index is 13.0. The van der Waals surface area contributed by atoms with Crippen molar-refractivity contribution in [2.45, 2.75) is 65.5 Å². The summed E-state index contributed by atoms with van der Waals surface area (Å²) in [5.41, 5.74) is 0. The monoisotopic (exact) mass is 174 g/mol. The van der Waals surface area contributed by atoms with Crippen LogP contribution in [-0.4, -0.2) is 6.17 Å². The summed E-state index contributed by atoms with van der Waals surface area (Å²) in [5, 5.41) is 0. The van der Waals surface area contributed by atoms with E-state index in [-0.39, 0.29) is 0 Å². The van der Waals surface area contributed by atoms with Crippen molar-refractivity contribution < 1.29 is 4.39 Å². The van der Waals surface area contributed by atoms with E-state index in [1.165, 1.54) is 25.7 Å². The van der Waals surface area contributed by atoms with E-state index in [2.05, 4.69) is 13.8 Å². The van der Waals surface area contributed by atoms with Gasteiger partial charge in [-0.25, -0.2) is 4.39 Å². The molecule has 0 N–H and O–H groups in total. The highest BCUT2D eigenvalue weighted by atomic mass is 19.1. The quantitative estimate of drug-likeness (QED) is 0.538. The minimum absolute atomic E-state index is 0.562. The highest BCUT2D eigenvalue weighted by Gasteiger charge is 2.12. The van der Waals surface area contributed by atoms with Crippen molar-refractivity contribution in [2.75, 3.05) is 0 Å². The van der Waals surface area contributed by atoms with Gasteiger partial charge < -0.3 is 0 Å². The molecule has 0 aromatic heterocycles. The summed E-state index contributed by atoms with van der Waals surface area (Å²) in [5.74, 6) is 0.634. The highest BCUT2D eigenvalue weighted by Crippen LogP contribution is 2.21. The van der Waals surface area contributed by atoms with E-state index in [9.17, 15) is 4.39 Å². The van der Waals surface area contributed by atoms with Gasteiger partial charge in [-0.15, -0.1) is 0 Å². The molecular formula is C11H23F. The Labute approximate surface area is 76.6 Å². The molecule has 0 amide bonds. The van der Waals surface area contributed by atoms with Crippen LogP contribution in [-0.2, 0) is 0 Å². The minimum atomic E-state index is -0.562. The summed E-state index contributed by atoms with van der Waals surface area (Å²) >= 11 is 0. The van der Waals surface area contributed by atoms with Gasteiger partial charge in [0.1, 0.15) is 6.17 Å². The molecule has 0 radical (unpaired) electrons. The third-order valence-corrected chi connectivity index (χ3v) is 2.43. The molecule has 1 atom stereocenters. The average molecular weight is 174 g/mol. The standard InChI is InChI=1S/C11H23F/c1-4-7-10(8-5-2)9-11(12)6-3/h10-11H,4-9H2,1-3H3. The molecule has 0 bridgehead atoms. The number of hydrogen-bond acceptors (Lipinski definition) is 0. The van der Waals surface area contributed by atoms with Crippen LogP contribution < -0.4 is 0 Å². The molecule has 0 spiro atoms. The Morgan fingerprint density at radius 1 is 1.00 bits per heavy atom. The van der Waals surface area contributed by atoms with E-state index in [1.54, 1.807) is 0 Å². The molecule has 0 rings (SSSR count).